The van der Waals surface area contributed by atoms with Crippen LogP contribution in [-0.2, 0) is 27.3 Å². The SMILES string of the molecule is CCOC(=O)c1ccc(N2C(=O)C[C@H](N3CCc4c([nH]c5ccccc45)C3)C2=O)cc1. The topological polar surface area (TPSA) is 82.7 Å². The van der Waals surface area contributed by atoms with Gasteiger partial charge in [0.1, 0.15) is 0 Å². The molecule has 1 N–H and O–H groups in total. The summed E-state index contributed by atoms with van der Waals surface area (Å²) in [5.74, 6) is -0.858. The number of H-pyrrole nitrogens is 1. The first kappa shape index (κ1) is 19.5. The highest BCUT2D eigenvalue weighted by Gasteiger charge is 2.43. The van der Waals surface area contributed by atoms with Crippen LogP contribution in [0.3, 0.4) is 0 Å². The van der Waals surface area contributed by atoms with Crippen molar-refractivity contribution in [3.63, 3.8) is 0 Å². The minimum Gasteiger partial charge on any atom is -0.462 e. The minimum absolute atomic E-state index is 0.161. The van der Waals surface area contributed by atoms with Crippen LogP contribution in [0.25, 0.3) is 10.9 Å². The van der Waals surface area contributed by atoms with Gasteiger partial charge in [-0.1, -0.05) is 18.2 Å². The molecule has 2 aliphatic heterocycles. The van der Waals surface area contributed by atoms with Crippen molar-refractivity contribution in [2.45, 2.75) is 32.4 Å². The molecule has 1 saturated heterocycles. The van der Waals surface area contributed by atoms with E-state index in [4.69, 9.17) is 4.74 Å². The van der Waals surface area contributed by atoms with E-state index in [1.165, 1.54) is 15.8 Å². The van der Waals surface area contributed by atoms with Crippen LogP contribution >= 0.6 is 0 Å². The van der Waals surface area contributed by atoms with Crippen LogP contribution in [0.4, 0.5) is 5.69 Å². The summed E-state index contributed by atoms with van der Waals surface area (Å²) in [5, 5.41) is 1.23. The van der Waals surface area contributed by atoms with Gasteiger partial charge in [-0.05, 0) is 49.2 Å². The number of esters is 1. The number of nitrogens with one attached hydrogen (secondary N) is 1. The number of fused-ring (bicyclic) bond motifs is 3. The van der Waals surface area contributed by atoms with Crippen molar-refractivity contribution in [1.82, 2.24) is 9.88 Å². The number of ether oxygens (including phenoxy) is 1. The fraction of sp³-hybridized carbons (Fsp3) is 0.292. The molecule has 0 radical (unpaired) electrons. The highest BCUT2D eigenvalue weighted by atomic mass is 16.5. The van der Waals surface area contributed by atoms with Gasteiger partial charge in [0.15, 0.2) is 0 Å². The molecule has 31 heavy (non-hydrogen) atoms. The van der Waals surface area contributed by atoms with Crippen LogP contribution in [0.15, 0.2) is 48.5 Å². The van der Waals surface area contributed by atoms with Crippen molar-refractivity contribution in [3.8, 4) is 0 Å². The van der Waals surface area contributed by atoms with Gasteiger partial charge in [0.25, 0.3) is 5.91 Å². The number of hydrogen-bond donors (Lipinski definition) is 1. The normalized spacial score (nSPS) is 19.1. The number of benzene rings is 2. The van der Waals surface area contributed by atoms with E-state index in [1.54, 1.807) is 31.2 Å². The van der Waals surface area contributed by atoms with E-state index < -0.39 is 12.0 Å². The first-order valence-corrected chi connectivity index (χ1v) is 10.5. The zero-order valence-corrected chi connectivity index (χ0v) is 17.3. The lowest BCUT2D eigenvalue weighted by molar-refractivity contribution is -0.123. The summed E-state index contributed by atoms with van der Waals surface area (Å²) in [6, 6.07) is 14.2. The third kappa shape index (κ3) is 3.31. The summed E-state index contributed by atoms with van der Waals surface area (Å²) in [6.07, 6.45) is 1.000. The Morgan fingerprint density at radius 2 is 1.90 bits per heavy atom. The number of imide groups is 1. The Labute approximate surface area is 179 Å². The largest absolute Gasteiger partial charge is 0.462 e. The van der Waals surface area contributed by atoms with Gasteiger partial charge in [0.2, 0.25) is 5.91 Å². The first-order chi connectivity index (χ1) is 15.1. The Kier molecular flexibility index (Phi) is 4.82. The summed E-state index contributed by atoms with van der Waals surface area (Å²) >= 11 is 0. The molecule has 0 saturated carbocycles. The van der Waals surface area contributed by atoms with E-state index in [9.17, 15) is 14.4 Å². The van der Waals surface area contributed by atoms with Gasteiger partial charge in [-0.15, -0.1) is 0 Å². The molecule has 158 valence electrons. The maximum Gasteiger partial charge on any atom is 0.338 e. The van der Waals surface area contributed by atoms with E-state index in [0.717, 1.165) is 24.2 Å². The van der Waals surface area contributed by atoms with Gasteiger partial charge in [-0.3, -0.25) is 14.5 Å². The molecule has 7 heteroatoms. The van der Waals surface area contributed by atoms with E-state index >= 15 is 0 Å². The second-order valence-corrected chi connectivity index (χ2v) is 7.90. The number of aromatic nitrogens is 1. The fourth-order valence-corrected chi connectivity index (χ4v) is 4.61. The van der Waals surface area contributed by atoms with Gasteiger partial charge in [0, 0.05) is 29.7 Å². The van der Waals surface area contributed by atoms with Crippen LogP contribution in [0.2, 0.25) is 0 Å². The monoisotopic (exact) mass is 417 g/mol. The molecule has 2 aliphatic rings. The number of rotatable bonds is 4. The Balaban J connectivity index is 1.35. The predicted molar refractivity (Wildman–Crippen MR) is 116 cm³/mol. The molecular formula is C24H23N3O4. The van der Waals surface area contributed by atoms with E-state index in [-0.39, 0.29) is 18.2 Å². The molecule has 0 aliphatic carbocycles. The number of para-hydroxylation sites is 1. The first-order valence-electron chi connectivity index (χ1n) is 10.5. The number of amides is 2. The van der Waals surface area contributed by atoms with E-state index in [2.05, 4.69) is 22.0 Å². The zero-order chi connectivity index (χ0) is 21.5. The number of carbonyl (C=O) groups is 3. The number of nitrogens with zero attached hydrogens (tertiary/aromatic N) is 2. The van der Waals surface area contributed by atoms with Crippen molar-refractivity contribution >= 4 is 34.4 Å². The van der Waals surface area contributed by atoms with Crippen LogP contribution in [0, 0.1) is 0 Å². The van der Waals surface area contributed by atoms with Crippen LogP contribution in [0.1, 0.15) is 35.0 Å². The second-order valence-electron chi connectivity index (χ2n) is 7.90. The average molecular weight is 417 g/mol. The van der Waals surface area contributed by atoms with Crippen LogP contribution < -0.4 is 4.90 Å². The highest BCUT2D eigenvalue weighted by Crippen LogP contribution is 2.32. The van der Waals surface area contributed by atoms with Crippen molar-refractivity contribution in [1.29, 1.82) is 0 Å². The summed E-state index contributed by atoms with van der Waals surface area (Å²) in [7, 11) is 0. The molecule has 5 rings (SSSR count). The van der Waals surface area contributed by atoms with Gasteiger partial charge in [-0.2, -0.15) is 0 Å². The molecule has 1 fully saturated rings. The van der Waals surface area contributed by atoms with Crippen molar-refractivity contribution in [2.24, 2.45) is 0 Å². The lowest BCUT2D eigenvalue weighted by atomic mass is 10.0. The lowest BCUT2D eigenvalue weighted by Gasteiger charge is -2.30. The summed E-state index contributed by atoms with van der Waals surface area (Å²) in [5.41, 5.74) is 4.39. The molecule has 3 heterocycles. The zero-order valence-electron chi connectivity index (χ0n) is 17.3. The minimum atomic E-state index is -0.475. The maximum atomic E-state index is 13.2. The maximum absolute atomic E-state index is 13.2. The third-order valence-electron chi connectivity index (χ3n) is 6.11. The predicted octanol–water partition coefficient (Wildman–Crippen LogP) is 3.03. The van der Waals surface area contributed by atoms with Gasteiger partial charge >= 0.3 is 5.97 Å². The molecule has 1 aromatic heterocycles. The molecular weight excluding hydrogens is 394 g/mol. The standard InChI is InChI=1S/C24H23N3O4/c1-2-31-24(30)15-7-9-16(10-8-15)27-22(28)13-21(23(27)29)26-12-11-18-17-5-3-4-6-19(17)25-20(18)14-26/h3-10,21,25H,2,11-14H2,1H3/t21-/m0/s1. The smallest absolute Gasteiger partial charge is 0.338 e. The molecule has 1 atom stereocenters. The summed E-state index contributed by atoms with van der Waals surface area (Å²) in [6.45, 7) is 3.38. The third-order valence-corrected chi connectivity index (χ3v) is 6.11. The molecule has 0 unspecified atom stereocenters. The van der Waals surface area contributed by atoms with E-state index in [0.29, 0.717) is 24.4 Å². The van der Waals surface area contributed by atoms with Crippen LogP contribution in [0.5, 0.6) is 0 Å². The van der Waals surface area contributed by atoms with E-state index in [1.807, 2.05) is 12.1 Å². The molecule has 0 bridgehead atoms. The van der Waals surface area contributed by atoms with Crippen molar-refractivity contribution < 1.29 is 19.1 Å². The van der Waals surface area contributed by atoms with Gasteiger partial charge in [0.05, 0.1) is 30.3 Å². The Bertz CT molecular complexity index is 1180. The second kappa shape index (κ2) is 7.67. The lowest BCUT2D eigenvalue weighted by Crippen LogP contribution is -2.44. The van der Waals surface area contributed by atoms with Gasteiger partial charge < -0.3 is 9.72 Å². The van der Waals surface area contributed by atoms with Crippen molar-refractivity contribution in [3.05, 3.63) is 65.4 Å². The quantitative estimate of drug-likeness (QED) is 0.521. The summed E-state index contributed by atoms with van der Waals surface area (Å²) < 4.78 is 4.99. The molecule has 3 aromatic rings. The van der Waals surface area contributed by atoms with Gasteiger partial charge in [-0.25, -0.2) is 9.69 Å². The average Bonchev–Trinajstić information content (AvgIpc) is 3.30. The Hall–Kier alpha value is -3.45. The molecule has 0 spiro atoms. The highest BCUT2D eigenvalue weighted by molar-refractivity contribution is 6.22. The fourth-order valence-electron chi connectivity index (χ4n) is 4.61. The summed E-state index contributed by atoms with van der Waals surface area (Å²) in [4.78, 5) is 44.6. The number of carbonyl (C=O) groups excluding carboxylic acids is 3. The molecule has 2 aromatic carbocycles. The Morgan fingerprint density at radius 1 is 1.13 bits per heavy atom. The van der Waals surface area contributed by atoms with Crippen molar-refractivity contribution in [2.75, 3.05) is 18.1 Å². The number of anilines is 1. The Morgan fingerprint density at radius 3 is 2.68 bits per heavy atom. The number of hydrogen-bond acceptors (Lipinski definition) is 5. The molecule has 2 amide bonds. The molecule has 7 nitrogen and oxygen atoms in total. The number of aromatic amines is 1. The van der Waals surface area contributed by atoms with Crippen LogP contribution in [-0.4, -0.2) is 46.9 Å².